The summed E-state index contributed by atoms with van der Waals surface area (Å²) < 4.78 is 5.95. The summed E-state index contributed by atoms with van der Waals surface area (Å²) in [6, 6.07) is 18.7. The van der Waals surface area contributed by atoms with E-state index in [-0.39, 0.29) is 24.2 Å². The lowest BCUT2D eigenvalue weighted by Gasteiger charge is -2.28. The van der Waals surface area contributed by atoms with Crippen molar-refractivity contribution < 1.29 is 14.6 Å². The summed E-state index contributed by atoms with van der Waals surface area (Å²) in [5.74, 6) is 0.642. The van der Waals surface area contributed by atoms with Crippen LogP contribution in [0.3, 0.4) is 0 Å². The second-order valence-corrected chi connectivity index (χ2v) is 11.2. The summed E-state index contributed by atoms with van der Waals surface area (Å²) in [5, 5.41) is 19.7. The van der Waals surface area contributed by atoms with E-state index in [1.165, 1.54) is 9.75 Å². The van der Waals surface area contributed by atoms with Gasteiger partial charge in [0.2, 0.25) is 0 Å². The molecule has 1 aromatic heterocycles. The van der Waals surface area contributed by atoms with Crippen LogP contribution in [-0.2, 0) is 6.54 Å². The fourth-order valence-electron chi connectivity index (χ4n) is 4.79. The van der Waals surface area contributed by atoms with Crippen molar-refractivity contribution in [2.45, 2.75) is 63.9 Å². The molecule has 1 saturated carbocycles. The minimum absolute atomic E-state index is 0.0934. The normalized spacial score (nSPS) is 20.6. The molecule has 1 saturated heterocycles. The fraction of sp³-hybridized carbons (Fsp3) is 0.414. The van der Waals surface area contributed by atoms with Crippen LogP contribution in [0.5, 0.6) is 5.75 Å². The molecule has 1 amide bonds. The maximum absolute atomic E-state index is 13.1. The molecular weight excluding hydrogens is 470 g/mol. The number of benzene rings is 2. The minimum Gasteiger partial charge on any atom is -0.488 e. The maximum atomic E-state index is 13.1. The third-order valence-corrected chi connectivity index (χ3v) is 8.29. The molecule has 0 radical (unpaired) electrons. The van der Waals surface area contributed by atoms with Crippen LogP contribution >= 0.6 is 11.3 Å². The number of carbonyl (C=O) groups excluding carboxylic acids is 1. The van der Waals surface area contributed by atoms with Gasteiger partial charge in [-0.3, -0.25) is 4.79 Å². The number of aliphatic hydroxyl groups is 1. The summed E-state index contributed by atoms with van der Waals surface area (Å²) in [5.41, 5.74) is 3.80. The maximum Gasteiger partial charge on any atom is 0.252 e. The first-order valence-corrected chi connectivity index (χ1v) is 13.7. The Morgan fingerprint density at radius 2 is 2.03 bits per heavy atom. The number of hydrogen-bond acceptors (Lipinski definition) is 6. The van der Waals surface area contributed by atoms with Crippen LogP contribution in [0, 0.1) is 6.92 Å². The Kier molecular flexibility index (Phi) is 7.72. The standard InChI is InChI=1S/C29H35N3O3S/c1-18-6-9-24(35-25-15-30-16-25)14-27(18)29(34)32-19(2)20-4-3-5-21(12-20)28-11-10-26(36-28)17-31-22-7-8-23(33)13-22/h3-6,9-12,14,19,22-23,25,30-31,33H,7-8,13,15-17H2,1-2H3,(H,32,34). The molecule has 7 heteroatoms. The van der Waals surface area contributed by atoms with Gasteiger partial charge in [-0.15, -0.1) is 11.3 Å². The molecule has 2 aromatic carbocycles. The van der Waals surface area contributed by atoms with Crippen LogP contribution in [0.1, 0.15) is 58.6 Å². The SMILES string of the molecule is Cc1ccc(OC2CNC2)cc1C(=O)NC(C)c1cccc(-c2ccc(CNC3CCC(O)C3)s2)c1. The third kappa shape index (κ3) is 5.98. The van der Waals surface area contributed by atoms with Gasteiger partial charge in [-0.25, -0.2) is 0 Å². The molecule has 0 spiro atoms. The lowest BCUT2D eigenvalue weighted by atomic mass is 10.0. The van der Waals surface area contributed by atoms with E-state index in [1.807, 2.05) is 32.0 Å². The van der Waals surface area contributed by atoms with Gasteiger partial charge >= 0.3 is 0 Å². The van der Waals surface area contributed by atoms with Crippen LogP contribution in [-0.4, -0.2) is 42.4 Å². The Labute approximate surface area is 217 Å². The molecule has 5 rings (SSSR count). The molecule has 2 aliphatic rings. The predicted octanol–water partition coefficient (Wildman–Crippen LogP) is 4.57. The van der Waals surface area contributed by atoms with Crippen LogP contribution in [0.25, 0.3) is 10.4 Å². The molecule has 1 aliphatic heterocycles. The van der Waals surface area contributed by atoms with Crippen molar-refractivity contribution in [3.05, 3.63) is 76.2 Å². The lowest BCUT2D eigenvalue weighted by Crippen LogP contribution is -2.50. The van der Waals surface area contributed by atoms with Gasteiger partial charge in [-0.05, 0) is 80.1 Å². The number of aliphatic hydroxyl groups excluding tert-OH is 1. The number of ether oxygens (including phenoxy) is 1. The lowest BCUT2D eigenvalue weighted by molar-refractivity contribution is 0.0937. The quantitative estimate of drug-likeness (QED) is 0.343. The molecule has 2 fully saturated rings. The van der Waals surface area contributed by atoms with Crippen LogP contribution in [0.4, 0.5) is 0 Å². The summed E-state index contributed by atoms with van der Waals surface area (Å²) in [7, 11) is 0. The molecule has 6 nitrogen and oxygen atoms in total. The minimum atomic E-state index is -0.155. The molecule has 3 aromatic rings. The Balaban J connectivity index is 1.22. The Bertz CT molecular complexity index is 1210. The topological polar surface area (TPSA) is 82.6 Å². The van der Waals surface area contributed by atoms with Gasteiger partial charge in [0.05, 0.1) is 12.1 Å². The predicted molar refractivity (Wildman–Crippen MR) is 145 cm³/mol. The smallest absolute Gasteiger partial charge is 0.252 e. The zero-order valence-corrected chi connectivity index (χ0v) is 21.7. The number of hydrogen-bond donors (Lipinski definition) is 4. The Hall–Kier alpha value is -2.71. The van der Waals surface area contributed by atoms with E-state index in [0.717, 1.165) is 61.3 Å². The highest BCUT2D eigenvalue weighted by Gasteiger charge is 2.22. The van der Waals surface area contributed by atoms with Crippen molar-refractivity contribution in [3.8, 4) is 16.2 Å². The summed E-state index contributed by atoms with van der Waals surface area (Å²) >= 11 is 1.79. The van der Waals surface area contributed by atoms with Gasteiger partial charge in [0, 0.05) is 41.0 Å². The van der Waals surface area contributed by atoms with Gasteiger partial charge in [0.15, 0.2) is 0 Å². The fourth-order valence-corrected chi connectivity index (χ4v) is 5.75. The molecule has 190 valence electrons. The number of carbonyl (C=O) groups is 1. The highest BCUT2D eigenvalue weighted by molar-refractivity contribution is 7.15. The average Bonchev–Trinajstić information content (AvgIpc) is 3.50. The van der Waals surface area contributed by atoms with Gasteiger partial charge < -0.3 is 25.8 Å². The van der Waals surface area contributed by atoms with Crippen molar-refractivity contribution in [1.82, 2.24) is 16.0 Å². The van der Waals surface area contributed by atoms with Gasteiger partial charge in [0.25, 0.3) is 5.91 Å². The van der Waals surface area contributed by atoms with Crippen molar-refractivity contribution in [2.75, 3.05) is 13.1 Å². The number of aryl methyl sites for hydroxylation is 1. The average molecular weight is 506 g/mol. The molecule has 2 heterocycles. The zero-order valence-electron chi connectivity index (χ0n) is 20.9. The second-order valence-electron chi connectivity index (χ2n) is 10.0. The molecule has 3 unspecified atom stereocenters. The summed E-state index contributed by atoms with van der Waals surface area (Å²) in [6.07, 6.45) is 2.80. The molecule has 1 aliphatic carbocycles. The summed E-state index contributed by atoms with van der Waals surface area (Å²) in [6.45, 7) is 6.48. The van der Waals surface area contributed by atoms with E-state index in [4.69, 9.17) is 4.74 Å². The Morgan fingerprint density at radius 3 is 2.78 bits per heavy atom. The molecular formula is C29H35N3O3S. The van der Waals surface area contributed by atoms with Crippen LogP contribution in [0.2, 0.25) is 0 Å². The van der Waals surface area contributed by atoms with Gasteiger partial charge in [0.1, 0.15) is 11.9 Å². The van der Waals surface area contributed by atoms with Crippen molar-refractivity contribution >= 4 is 17.2 Å². The van der Waals surface area contributed by atoms with E-state index in [9.17, 15) is 9.90 Å². The molecule has 0 bridgehead atoms. The van der Waals surface area contributed by atoms with E-state index < -0.39 is 0 Å². The van der Waals surface area contributed by atoms with Crippen LogP contribution < -0.4 is 20.7 Å². The second kappa shape index (κ2) is 11.1. The molecule has 4 N–H and O–H groups in total. The highest BCUT2D eigenvalue weighted by Crippen LogP contribution is 2.31. The van der Waals surface area contributed by atoms with Crippen molar-refractivity contribution in [1.29, 1.82) is 0 Å². The van der Waals surface area contributed by atoms with Gasteiger partial charge in [-0.1, -0.05) is 24.3 Å². The third-order valence-electron chi connectivity index (χ3n) is 7.15. The number of rotatable bonds is 9. The zero-order chi connectivity index (χ0) is 25.1. The van der Waals surface area contributed by atoms with E-state index in [0.29, 0.717) is 11.6 Å². The van der Waals surface area contributed by atoms with E-state index in [2.05, 4.69) is 52.3 Å². The van der Waals surface area contributed by atoms with Crippen molar-refractivity contribution in [3.63, 3.8) is 0 Å². The Morgan fingerprint density at radius 1 is 1.17 bits per heavy atom. The monoisotopic (exact) mass is 505 g/mol. The van der Waals surface area contributed by atoms with Gasteiger partial charge in [-0.2, -0.15) is 0 Å². The van der Waals surface area contributed by atoms with Crippen molar-refractivity contribution in [2.24, 2.45) is 0 Å². The summed E-state index contributed by atoms with van der Waals surface area (Å²) in [4.78, 5) is 15.6. The van der Waals surface area contributed by atoms with Crippen LogP contribution in [0.15, 0.2) is 54.6 Å². The number of amides is 1. The van der Waals surface area contributed by atoms with E-state index >= 15 is 0 Å². The number of nitrogens with one attached hydrogen (secondary N) is 3. The number of thiophene rings is 1. The molecule has 36 heavy (non-hydrogen) atoms. The molecule has 3 atom stereocenters. The largest absolute Gasteiger partial charge is 0.488 e. The first kappa shape index (κ1) is 25.0. The first-order valence-electron chi connectivity index (χ1n) is 12.8. The highest BCUT2D eigenvalue weighted by atomic mass is 32.1. The first-order chi connectivity index (χ1) is 17.4. The van der Waals surface area contributed by atoms with E-state index in [1.54, 1.807) is 11.3 Å².